The molecule has 0 saturated carbocycles. The van der Waals surface area contributed by atoms with E-state index in [1.165, 1.54) is 0 Å². The van der Waals surface area contributed by atoms with Gasteiger partial charge >= 0.3 is 6.18 Å². The largest absolute Gasteiger partial charge is 0.419 e. The van der Waals surface area contributed by atoms with Crippen molar-refractivity contribution in [1.29, 1.82) is 0 Å². The van der Waals surface area contributed by atoms with Crippen molar-refractivity contribution in [2.24, 2.45) is 5.84 Å². The van der Waals surface area contributed by atoms with Crippen molar-refractivity contribution in [3.8, 4) is 0 Å². The molecule has 0 unspecified atom stereocenters. The van der Waals surface area contributed by atoms with E-state index in [2.05, 4.69) is 0 Å². The SMILES string of the molecule is NNc1c(Cl)cc(C(F)(F)F)c(F)c1F. The summed E-state index contributed by atoms with van der Waals surface area (Å²) in [7, 11) is 0. The number of benzene rings is 1. The van der Waals surface area contributed by atoms with Crippen molar-refractivity contribution in [3.05, 3.63) is 28.3 Å². The fraction of sp³-hybridized carbons (Fsp3) is 0.143. The molecule has 0 radical (unpaired) electrons. The zero-order valence-corrected chi connectivity index (χ0v) is 7.68. The molecule has 1 aromatic carbocycles. The van der Waals surface area contributed by atoms with Gasteiger partial charge in [0.15, 0.2) is 11.6 Å². The van der Waals surface area contributed by atoms with E-state index in [-0.39, 0.29) is 6.07 Å². The molecule has 0 spiro atoms. The summed E-state index contributed by atoms with van der Waals surface area (Å²) >= 11 is 5.26. The van der Waals surface area contributed by atoms with Crippen LogP contribution in [0.4, 0.5) is 27.6 Å². The summed E-state index contributed by atoms with van der Waals surface area (Å²) in [4.78, 5) is 0. The van der Waals surface area contributed by atoms with Crippen LogP contribution in [0.5, 0.6) is 0 Å². The monoisotopic (exact) mass is 246 g/mol. The molecule has 0 heterocycles. The van der Waals surface area contributed by atoms with Crippen LogP contribution < -0.4 is 11.3 Å². The standard InChI is InChI=1S/C7H4ClF5N2/c8-3-1-2(7(11,12)13)4(9)5(10)6(3)15-14/h1,15H,14H2. The van der Waals surface area contributed by atoms with Crippen molar-refractivity contribution in [2.75, 3.05) is 5.43 Å². The molecule has 0 atom stereocenters. The predicted molar refractivity (Wildman–Crippen MR) is 44.2 cm³/mol. The minimum absolute atomic E-state index is 0.259. The molecule has 0 aliphatic carbocycles. The number of nitrogens with one attached hydrogen (secondary N) is 1. The molecule has 1 aromatic rings. The van der Waals surface area contributed by atoms with E-state index in [0.29, 0.717) is 0 Å². The topological polar surface area (TPSA) is 38.0 Å². The van der Waals surface area contributed by atoms with Crippen LogP contribution in [0.25, 0.3) is 0 Å². The maximum atomic E-state index is 13.0. The Balaban J connectivity index is 3.48. The highest BCUT2D eigenvalue weighted by Crippen LogP contribution is 2.37. The van der Waals surface area contributed by atoms with Crippen LogP contribution >= 0.6 is 11.6 Å². The third-order valence-corrected chi connectivity index (χ3v) is 1.91. The summed E-state index contributed by atoms with van der Waals surface area (Å²) in [6.07, 6.45) is -5.01. The lowest BCUT2D eigenvalue weighted by Crippen LogP contribution is -2.15. The molecule has 2 nitrogen and oxygen atoms in total. The zero-order valence-electron chi connectivity index (χ0n) is 6.92. The lowest BCUT2D eigenvalue weighted by atomic mass is 10.1. The van der Waals surface area contributed by atoms with Gasteiger partial charge in [0.05, 0.1) is 10.6 Å². The fourth-order valence-electron chi connectivity index (χ4n) is 0.934. The van der Waals surface area contributed by atoms with E-state index in [1.54, 1.807) is 5.43 Å². The van der Waals surface area contributed by atoms with Crippen molar-refractivity contribution in [2.45, 2.75) is 6.18 Å². The summed E-state index contributed by atoms with van der Waals surface area (Å²) in [6, 6.07) is 0.259. The summed E-state index contributed by atoms with van der Waals surface area (Å²) in [5, 5.41) is -0.649. The molecule has 0 aliphatic rings. The van der Waals surface area contributed by atoms with E-state index in [4.69, 9.17) is 17.4 Å². The smallest absolute Gasteiger partial charge is 0.320 e. The van der Waals surface area contributed by atoms with Gasteiger partial charge in [0, 0.05) is 0 Å². The highest BCUT2D eigenvalue weighted by Gasteiger charge is 2.37. The van der Waals surface area contributed by atoms with E-state index < -0.39 is 34.1 Å². The Kier molecular flexibility index (Phi) is 3.05. The Labute approximate surface area is 85.8 Å². The van der Waals surface area contributed by atoms with E-state index in [9.17, 15) is 22.0 Å². The van der Waals surface area contributed by atoms with Crippen molar-refractivity contribution >= 4 is 17.3 Å². The molecule has 15 heavy (non-hydrogen) atoms. The molecule has 0 aromatic heterocycles. The van der Waals surface area contributed by atoms with Crippen LogP contribution in [0, 0.1) is 11.6 Å². The van der Waals surface area contributed by atoms with Gasteiger partial charge in [-0.1, -0.05) is 11.6 Å². The number of hydrogen-bond donors (Lipinski definition) is 2. The third-order valence-electron chi connectivity index (χ3n) is 1.61. The van der Waals surface area contributed by atoms with Crippen LogP contribution in [0.3, 0.4) is 0 Å². The van der Waals surface area contributed by atoms with Gasteiger partial charge in [-0.2, -0.15) is 13.2 Å². The maximum absolute atomic E-state index is 13.0. The quantitative estimate of drug-likeness (QED) is 0.346. The first-order chi connectivity index (χ1) is 6.79. The summed E-state index contributed by atoms with van der Waals surface area (Å²) in [5.74, 6) is 0.949. The first kappa shape index (κ1) is 12.0. The average molecular weight is 247 g/mol. The molecule has 84 valence electrons. The molecule has 1 rings (SSSR count). The Hall–Kier alpha value is -1.08. The number of anilines is 1. The molecule has 0 saturated heterocycles. The molecule has 3 N–H and O–H groups in total. The summed E-state index contributed by atoms with van der Waals surface area (Å²) < 4.78 is 62.2. The number of nitrogens with two attached hydrogens (primary N) is 1. The number of nitrogen functional groups attached to an aromatic ring is 1. The summed E-state index contributed by atoms with van der Waals surface area (Å²) in [5.41, 5.74) is -0.826. The summed E-state index contributed by atoms with van der Waals surface area (Å²) in [6.45, 7) is 0. The molecule has 0 aliphatic heterocycles. The number of alkyl halides is 3. The zero-order chi connectivity index (χ0) is 11.8. The lowest BCUT2D eigenvalue weighted by molar-refractivity contribution is -0.140. The predicted octanol–water partition coefficient (Wildman–Crippen LogP) is 2.92. The second kappa shape index (κ2) is 3.82. The van der Waals surface area contributed by atoms with Crippen LogP contribution in [0.1, 0.15) is 5.56 Å². The van der Waals surface area contributed by atoms with Crippen LogP contribution in [-0.4, -0.2) is 0 Å². The second-order valence-corrected chi connectivity index (χ2v) is 2.96. The van der Waals surface area contributed by atoms with E-state index in [1.807, 2.05) is 0 Å². The Morgan fingerprint density at radius 2 is 1.73 bits per heavy atom. The number of hydrazine groups is 1. The first-order valence-electron chi connectivity index (χ1n) is 3.50. The normalized spacial score (nSPS) is 11.7. The van der Waals surface area contributed by atoms with E-state index >= 15 is 0 Å². The molecular formula is C7H4ClF5N2. The fourth-order valence-corrected chi connectivity index (χ4v) is 1.18. The highest BCUT2D eigenvalue weighted by molar-refractivity contribution is 6.33. The van der Waals surface area contributed by atoms with Crippen molar-refractivity contribution in [1.82, 2.24) is 0 Å². The van der Waals surface area contributed by atoms with Crippen molar-refractivity contribution in [3.63, 3.8) is 0 Å². The molecule has 8 heteroatoms. The van der Waals surface area contributed by atoms with Gasteiger partial charge in [0.2, 0.25) is 0 Å². The van der Waals surface area contributed by atoms with Crippen molar-refractivity contribution < 1.29 is 22.0 Å². The Morgan fingerprint density at radius 1 is 1.20 bits per heavy atom. The van der Waals surface area contributed by atoms with E-state index in [0.717, 1.165) is 0 Å². The third kappa shape index (κ3) is 2.13. The second-order valence-electron chi connectivity index (χ2n) is 2.55. The van der Waals surface area contributed by atoms with Gasteiger partial charge in [0.25, 0.3) is 0 Å². The number of halogens is 6. The van der Waals surface area contributed by atoms with Crippen LogP contribution in [0.2, 0.25) is 5.02 Å². The maximum Gasteiger partial charge on any atom is 0.419 e. The average Bonchev–Trinajstić information content (AvgIpc) is 2.10. The van der Waals surface area contributed by atoms with Gasteiger partial charge in [-0.15, -0.1) is 0 Å². The van der Waals surface area contributed by atoms with Gasteiger partial charge in [-0.05, 0) is 6.07 Å². The highest BCUT2D eigenvalue weighted by atomic mass is 35.5. The van der Waals surface area contributed by atoms with Crippen LogP contribution in [0.15, 0.2) is 6.07 Å². The molecule has 0 bridgehead atoms. The number of rotatable bonds is 1. The minimum atomic E-state index is -5.01. The number of hydrogen-bond acceptors (Lipinski definition) is 2. The van der Waals surface area contributed by atoms with Crippen LogP contribution in [-0.2, 0) is 6.18 Å². The molecule has 0 fully saturated rings. The van der Waals surface area contributed by atoms with Gasteiger partial charge < -0.3 is 5.43 Å². The molecule has 0 amide bonds. The van der Waals surface area contributed by atoms with Gasteiger partial charge in [0.1, 0.15) is 5.69 Å². The lowest BCUT2D eigenvalue weighted by Gasteiger charge is -2.12. The van der Waals surface area contributed by atoms with Gasteiger partial charge in [-0.3, -0.25) is 5.84 Å². The molecular weight excluding hydrogens is 243 g/mol. The first-order valence-corrected chi connectivity index (χ1v) is 3.88. The Morgan fingerprint density at radius 3 is 2.13 bits per heavy atom. The minimum Gasteiger partial charge on any atom is -0.320 e. The Bertz CT molecular complexity index is 390. The van der Waals surface area contributed by atoms with Gasteiger partial charge in [-0.25, -0.2) is 8.78 Å².